The second-order valence-electron chi connectivity index (χ2n) is 8.48. The summed E-state index contributed by atoms with van der Waals surface area (Å²) in [6.07, 6.45) is -0.283. The number of carbonyl (C=O) groups is 4. The maximum absolute atomic E-state index is 13.5. The van der Waals surface area contributed by atoms with E-state index in [1.54, 1.807) is 80.8 Å². The number of hydrogen-bond donors (Lipinski definition) is 1. The van der Waals surface area contributed by atoms with Crippen LogP contribution < -0.4 is 15.0 Å². The van der Waals surface area contributed by atoms with Crippen molar-refractivity contribution in [1.29, 1.82) is 0 Å². The first-order valence-electron chi connectivity index (χ1n) is 11.9. The molecule has 4 rings (SSSR count). The summed E-state index contributed by atoms with van der Waals surface area (Å²) in [6.45, 7) is 2.03. The zero-order chi connectivity index (χ0) is 27.2. The van der Waals surface area contributed by atoms with Gasteiger partial charge in [-0.25, -0.2) is 14.5 Å². The Kier molecular flexibility index (Phi) is 8.28. The number of methoxy groups -OCH3 is 1. The topological polar surface area (TPSA) is 105 Å². The molecule has 1 N–H and O–H groups in total. The molecule has 0 bridgehead atoms. The molecule has 196 valence electrons. The van der Waals surface area contributed by atoms with Crippen LogP contribution in [0.15, 0.2) is 72.8 Å². The van der Waals surface area contributed by atoms with Crippen LogP contribution in [0.4, 0.5) is 16.2 Å². The van der Waals surface area contributed by atoms with Gasteiger partial charge in [0.25, 0.3) is 5.91 Å². The molecule has 1 fully saturated rings. The minimum absolute atomic E-state index is 0.106. The summed E-state index contributed by atoms with van der Waals surface area (Å²) >= 11 is 5.98. The molecule has 1 saturated heterocycles. The summed E-state index contributed by atoms with van der Waals surface area (Å²) in [6, 6.07) is 18.1. The van der Waals surface area contributed by atoms with Crippen molar-refractivity contribution >= 4 is 46.8 Å². The van der Waals surface area contributed by atoms with E-state index in [4.69, 9.17) is 21.1 Å². The Hall–Kier alpha value is -4.37. The first kappa shape index (κ1) is 26.7. The van der Waals surface area contributed by atoms with E-state index in [2.05, 4.69) is 5.32 Å². The smallest absolute Gasteiger partial charge is 0.338 e. The average Bonchev–Trinajstić information content (AvgIpc) is 3.13. The van der Waals surface area contributed by atoms with Gasteiger partial charge >= 0.3 is 12.0 Å². The number of amides is 4. The van der Waals surface area contributed by atoms with Crippen LogP contribution in [0.5, 0.6) is 5.75 Å². The Morgan fingerprint density at radius 2 is 1.71 bits per heavy atom. The van der Waals surface area contributed by atoms with Gasteiger partial charge in [-0.15, -0.1) is 0 Å². The molecule has 1 heterocycles. The van der Waals surface area contributed by atoms with Crippen molar-refractivity contribution in [2.75, 3.05) is 23.9 Å². The van der Waals surface area contributed by atoms with Crippen LogP contribution >= 0.6 is 11.6 Å². The van der Waals surface area contributed by atoms with Crippen molar-refractivity contribution in [3.05, 3.63) is 88.9 Å². The van der Waals surface area contributed by atoms with Crippen molar-refractivity contribution in [3.63, 3.8) is 0 Å². The SMILES string of the molecule is CCOC(=O)c1cccc(NC(=O)CC2C(=O)N(c3ccc(Cl)cc3)C(=O)N2Cc2ccc(OC)cc2)c1. The molecular weight excluding hydrogens is 510 g/mol. The fourth-order valence-corrected chi connectivity index (χ4v) is 4.22. The number of esters is 1. The van der Waals surface area contributed by atoms with Gasteiger partial charge in [0.05, 0.1) is 31.4 Å². The predicted molar refractivity (Wildman–Crippen MR) is 142 cm³/mol. The Morgan fingerprint density at radius 3 is 2.37 bits per heavy atom. The highest BCUT2D eigenvalue weighted by Gasteiger charge is 2.46. The average molecular weight is 536 g/mol. The number of benzene rings is 3. The monoisotopic (exact) mass is 535 g/mol. The molecule has 3 aromatic rings. The summed E-state index contributed by atoms with van der Waals surface area (Å²) in [7, 11) is 1.55. The second kappa shape index (κ2) is 11.8. The highest BCUT2D eigenvalue weighted by atomic mass is 35.5. The molecule has 0 radical (unpaired) electrons. The number of halogens is 1. The molecule has 0 aromatic heterocycles. The predicted octanol–water partition coefficient (Wildman–Crippen LogP) is 4.89. The minimum atomic E-state index is -1.05. The highest BCUT2D eigenvalue weighted by Crippen LogP contribution is 2.30. The molecular formula is C28H26ClN3O6. The minimum Gasteiger partial charge on any atom is -0.497 e. The van der Waals surface area contributed by atoms with Crippen LogP contribution in [-0.4, -0.2) is 48.5 Å². The molecule has 0 spiro atoms. The number of hydrogen-bond acceptors (Lipinski definition) is 6. The molecule has 0 saturated carbocycles. The van der Waals surface area contributed by atoms with Gasteiger partial charge < -0.3 is 19.7 Å². The van der Waals surface area contributed by atoms with Gasteiger partial charge in [0.15, 0.2) is 0 Å². The normalized spacial score (nSPS) is 15.0. The van der Waals surface area contributed by atoms with Gasteiger partial charge in [-0.2, -0.15) is 0 Å². The van der Waals surface area contributed by atoms with Crippen molar-refractivity contribution in [2.45, 2.75) is 25.9 Å². The first-order chi connectivity index (χ1) is 18.3. The molecule has 38 heavy (non-hydrogen) atoms. The fraction of sp³-hybridized carbons (Fsp3) is 0.214. The lowest BCUT2D eigenvalue weighted by atomic mass is 10.1. The van der Waals surface area contributed by atoms with Crippen LogP contribution in [0.25, 0.3) is 0 Å². The van der Waals surface area contributed by atoms with Gasteiger partial charge in [-0.05, 0) is 67.1 Å². The largest absolute Gasteiger partial charge is 0.497 e. The summed E-state index contributed by atoms with van der Waals surface area (Å²) in [4.78, 5) is 54.4. The van der Waals surface area contributed by atoms with Crippen LogP contribution in [-0.2, 0) is 20.9 Å². The zero-order valence-corrected chi connectivity index (χ0v) is 21.6. The van der Waals surface area contributed by atoms with E-state index >= 15 is 0 Å². The third kappa shape index (κ3) is 5.95. The number of carbonyl (C=O) groups excluding carboxylic acids is 4. The molecule has 9 nitrogen and oxygen atoms in total. The lowest BCUT2D eigenvalue weighted by molar-refractivity contribution is -0.124. The second-order valence-corrected chi connectivity index (χ2v) is 8.91. The van der Waals surface area contributed by atoms with Crippen molar-refractivity contribution < 1.29 is 28.7 Å². The van der Waals surface area contributed by atoms with E-state index in [9.17, 15) is 19.2 Å². The number of nitrogens with zero attached hydrogens (tertiary/aromatic N) is 2. The third-order valence-electron chi connectivity index (χ3n) is 5.95. The van der Waals surface area contributed by atoms with E-state index in [1.807, 2.05) is 0 Å². The van der Waals surface area contributed by atoms with Crippen LogP contribution in [0, 0.1) is 0 Å². The molecule has 1 aliphatic heterocycles. The zero-order valence-electron chi connectivity index (χ0n) is 20.8. The number of nitrogens with one attached hydrogen (secondary N) is 1. The van der Waals surface area contributed by atoms with Crippen molar-refractivity contribution in [2.24, 2.45) is 0 Å². The molecule has 1 aliphatic rings. The summed E-state index contributed by atoms with van der Waals surface area (Å²) in [5.74, 6) is -0.873. The van der Waals surface area contributed by atoms with Gasteiger partial charge in [0.2, 0.25) is 5.91 Å². The molecule has 1 atom stereocenters. The summed E-state index contributed by atoms with van der Waals surface area (Å²) < 4.78 is 10.2. The van der Waals surface area contributed by atoms with Gasteiger partial charge in [0, 0.05) is 17.3 Å². The Balaban J connectivity index is 1.57. The van der Waals surface area contributed by atoms with E-state index in [-0.39, 0.29) is 25.1 Å². The summed E-state index contributed by atoms with van der Waals surface area (Å²) in [5.41, 5.74) is 1.77. The Labute approximate surface area is 224 Å². The lowest BCUT2D eigenvalue weighted by Crippen LogP contribution is -2.37. The number of urea groups is 1. The molecule has 4 amide bonds. The molecule has 1 unspecified atom stereocenters. The highest BCUT2D eigenvalue weighted by molar-refractivity contribution is 6.30. The summed E-state index contributed by atoms with van der Waals surface area (Å²) in [5, 5.41) is 3.18. The lowest BCUT2D eigenvalue weighted by Gasteiger charge is -2.22. The van der Waals surface area contributed by atoms with E-state index in [0.717, 1.165) is 10.5 Å². The van der Waals surface area contributed by atoms with Crippen molar-refractivity contribution in [1.82, 2.24) is 4.90 Å². The standard InChI is InChI=1S/C28H26ClN3O6/c1-3-38-27(35)19-5-4-6-21(15-19)30-25(33)16-24-26(34)32(22-11-9-20(29)10-12-22)28(36)31(24)17-18-7-13-23(37-2)14-8-18/h4-15,24H,3,16-17H2,1-2H3,(H,30,33). The van der Waals surface area contributed by atoms with Gasteiger partial charge in [0.1, 0.15) is 11.8 Å². The Bertz CT molecular complexity index is 1340. The third-order valence-corrected chi connectivity index (χ3v) is 6.20. The van der Waals surface area contributed by atoms with Gasteiger partial charge in [-0.3, -0.25) is 9.59 Å². The molecule has 10 heteroatoms. The molecule has 3 aromatic carbocycles. The maximum Gasteiger partial charge on any atom is 0.338 e. The maximum atomic E-state index is 13.5. The van der Waals surface area contributed by atoms with Crippen molar-refractivity contribution in [3.8, 4) is 5.75 Å². The number of ether oxygens (including phenoxy) is 2. The fourth-order valence-electron chi connectivity index (χ4n) is 4.10. The number of imide groups is 1. The quantitative estimate of drug-likeness (QED) is 0.309. The number of anilines is 2. The molecule has 0 aliphatic carbocycles. The van der Waals surface area contributed by atoms with Crippen LogP contribution in [0.1, 0.15) is 29.3 Å². The van der Waals surface area contributed by atoms with E-state index < -0.39 is 29.9 Å². The van der Waals surface area contributed by atoms with Gasteiger partial charge in [-0.1, -0.05) is 29.8 Å². The van der Waals surface area contributed by atoms with Crippen LogP contribution in [0.2, 0.25) is 5.02 Å². The van der Waals surface area contributed by atoms with E-state index in [1.165, 1.54) is 11.0 Å². The van der Waals surface area contributed by atoms with E-state index in [0.29, 0.717) is 22.1 Å². The first-order valence-corrected chi connectivity index (χ1v) is 12.3. The van der Waals surface area contributed by atoms with Crippen LogP contribution in [0.3, 0.4) is 0 Å². The Morgan fingerprint density at radius 1 is 1.00 bits per heavy atom. The number of rotatable bonds is 9.